The fraction of sp³-hybridized carbons (Fsp3) is 0.692. The zero-order chi connectivity index (χ0) is 20.9. The van der Waals surface area contributed by atoms with Crippen LogP contribution in [-0.2, 0) is 10.2 Å². The number of fused-ring (bicyclic) bond motifs is 1. The van der Waals surface area contributed by atoms with Crippen LogP contribution in [0.4, 0.5) is 0 Å². The first kappa shape index (κ1) is 19.9. The summed E-state index contributed by atoms with van der Waals surface area (Å²) >= 11 is 0. The number of pyridine rings is 1. The average Bonchev–Trinajstić information content (AvgIpc) is 3.16. The Morgan fingerprint density at radius 3 is 2.74 bits per heavy atom. The van der Waals surface area contributed by atoms with E-state index in [2.05, 4.69) is 35.1 Å². The first-order valence-corrected chi connectivity index (χ1v) is 12.4. The fourth-order valence-electron chi connectivity index (χ4n) is 6.88. The molecule has 0 amide bonds. The van der Waals surface area contributed by atoms with Gasteiger partial charge in [-0.3, -0.25) is 9.67 Å². The van der Waals surface area contributed by atoms with Gasteiger partial charge in [-0.25, -0.2) is 0 Å². The monoisotopic (exact) mass is 420 g/mol. The van der Waals surface area contributed by atoms with Crippen LogP contribution in [0.1, 0.15) is 94.6 Å². The molecule has 31 heavy (non-hydrogen) atoms. The quantitative estimate of drug-likeness (QED) is 0.706. The minimum absolute atomic E-state index is 0.0907. The lowest BCUT2D eigenvalue weighted by molar-refractivity contribution is -0.104. The van der Waals surface area contributed by atoms with Crippen molar-refractivity contribution in [1.29, 1.82) is 0 Å². The Bertz CT molecular complexity index is 914. The predicted molar refractivity (Wildman–Crippen MR) is 121 cm³/mol. The first-order chi connectivity index (χ1) is 15.1. The minimum Gasteiger partial charge on any atom is -0.375 e. The number of aromatic nitrogens is 3. The topological polar surface area (TPSA) is 52.0 Å². The van der Waals surface area contributed by atoms with Crippen molar-refractivity contribution >= 4 is 0 Å². The summed E-state index contributed by atoms with van der Waals surface area (Å²) in [5.74, 6) is 0. The molecule has 2 aromatic heterocycles. The Hall–Kier alpha value is -1.72. The second-order valence-electron chi connectivity index (χ2n) is 11.0. The fourth-order valence-corrected chi connectivity index (χ4v) is 6.88. The van der Waals surface area contributed by atoms with Gasteiger partial charge in [0.1, 0.15) is 0 Å². The van der Waals surface area contributed by atoms with E-state index in [-0.39, 0.29) is 11.0 Å². The van der Waals surface area contributed by atoms with Gasteiger partial charge < -0.3 is 10.1 Å². The third-order valence-electron chi connectivity index (χ3n) is 9.02. The summed E-state index contributed by atoms with van der Waals surface area (Å²) < 4.78 is 8.74. The van der Waals surface area contributed by atoms with Crippen LogP contribution < -0.4 is 5.32 Å². The number of hydrogen-bond acceptors (Lipinski definition) is 4. The lowest BCUT2D eigenvalue weighted by Gasteiger charge is -2.46. The van der Waals surface area contributed by atoms with E-state index < -0.39 is 0 Å². The highest BCUT2D eigenvalue weighted by molar-refractivity contribution is 5.21. The van der Waals surface area contributed by atoms with Crippen LogP contribution in [0.25, 0.3) is 0 Å². The average molecular weight is 421 g/mol. The molecular weight excluding hydrogens is 384 g/mol. The van der Waals surface area contributed by atoms with Gasteiger partial charge in [0.2, 0.25) is 0 Å². The van der Waals surface area contributed by atoms with Crippen LogP contribution in [0.3, 0.4) is 0 Å². The van der Waals surface area contributed by atoms with Crippen LogP contribution >= 0.6 is 0 Å². The molecule has 2 aliphatic heterocycles. The minimum atomic E-state index is 0.0907. The van der Waals surface area contributed by atoms with Gasteiger partial charge in [0.25, 0.3) is 0 Å². The van der Waals surface area contributed by atoms with Crippen LogP contribution in [0.5, 0.6) is 0 Å². The van der Waals surface area contributed by atoms with Gasteiger partial charge in [0.05, 0.1) is 23.4 Å². The molecule has 4 heterocycles. The Morgan fingerprint density at radius 1 is 1.10 bits per heavy atom. The zero-order valence-corrected chi connectivity index (χ0v) is 18.9. The van der Waals surface area contributed by atoms with E-state index in [0.717, 1.165) is 32.4 Å². The second-order valence-corrected chi connectivity index (χ2v) is 11.0. The zero-order valence-electron chi connectivity index (χ0n) is 18.9. The van der Waals surface area contributed by atoms with Gasteiger partial charge in [0.15, 0.2) is 0 Å². The molecule has 2 saturated carbocycles. The van der Waals surface area contributed by atoms with E-state index >= 15 is 0 Å². The van der Waals surface area contributed by atoms with E-state index in [9.17, 15) is 0 Å². The Labute approximate surface area is 186 Å². The summed E-state index contributed by atoms with van der Waals surface area (Å²) in [4.78, 5) is 4.86. The smallest absolute Gasteiger partial charge is 0.0691 e. The van der Waals surface area contributed by atoms with Crippen molar-refractivity contribution in [2.45, 2.75) is 94.2 Å². The highest BCUT2D eigenvalue weighted by atomic mass is 16.5. The van der Waals surface area contributed by atoms with Gasteiger partial charge in [-0.15, -0.1) is 0 Å². The van der Waals surface area contributed by atoms with E-state index in [0.29, 0.717) is 17.5 Å². The van der Waals surface area contributed by atoms with Crippen molar-refractivity contribution in [3.63, 3.8) is 0 Å². The molecule has 2 aromatic rings. The largest absolute Gasteiger partial charge is 0.375 e. The molecule has 2 aliphatic carbocycles. The molecule has 5 nitrogen and oxygen atoms in total. The molecule has 3 fully saturated rings. The first-order valence-electron chi connectivity index (χ1n) is 12.4. The molecule has 4 aliphatic rings. The van der Waals surface area contributed by atoms with Crippen LogP contribution in [0.2, 0.25) is 0 Å². The molecule has 0 aromatic carbocycles. The van der Waals surface area contributed by atoms with Crippen molar-refractivity contribution in [2.75, 3.05) is 13.2 Å². The predicted octanol–water partition coefficient (Wildman–Crippen LogP) is 5.11. The molecule has 5 heteroatoms. The summed E-state index contributed by atoms with van der Waals surface area (Å²) in [6.07, 6.45) is 16.2. The molecule has 166 valence electrons. The van der Waals surface area contributed by atoms with Crippen molar-refractivity contribution in [2.24, 2.45) is 5.41 Å². The summed E-state index contributed by atoms with van der Waals surface area (Å²) in [7, 11) is 0. The standard InChI is InChI=1S/C26H36N4O/c1-24(10-11-24)23-18-20(21-7-15-29-30(21)23)27-16-12-25(22-6-2-5-14-28-22)13-17-31-26(19-25)8-3-4-9-26/h2,5-7,14-15,20,23,27H,3-4,8-13,16-19H2,1H3/t20-,23+,25+/m0/s1. The van der Waals surface area contributed by atoms with Gasteiger partial charge in [0, 0.05) is 30.1 Å². The van der Waals surface area contributed by atoms with E-state index in [4.69, 9.17) is 14.8 Å². The molecule has 1 N–H and O–H groups in total. The third kappa shape index (κ3) is 3.45. The van der Waals surface area contributed by atoms with Crippen LogP contribution in [-0.4, -0.2) is 33.5 Å². The molecule has 1 spiro atoms. The summed E-state index contributed by atoms with van der Waals surface area (Å²) in [6, 6.07) is 9.65. The maximum Gasteiger partial charge on any atom is 0.0691 e. The molecule has 3 atom stereocenters. The van der Waals surface area contributed by atoms with Gasteiger partial charge in [-0.2, -0.15) is 5.10 Å². The van der Waals surface area contributed by atoms with Crippen LogP contribution in [0.15, 0.2) is 36.7 Å². The number of hydrogen-bond donors (Lipinski definition) is 1. The summed E-state index contributed by atoms with van der Waals surface area (Å²) in [5, 5.41) is 8.64. The lowest BCUT2D eigenvalue weighted by atomic mass is 9.68. The van der Waals surface area contributed by atoms with E-state index in [1.54, 1.807) is 0 Å². The summed E-state index contributed by atoms with van der Waals surface area (Å²) in [5.41, 5.74) is 3.32. The highest BCUT2D eigenvalue weighted by Gasteiger charge is 2.51. The Balaban J connectivity index is 1.19. The number of nitrogens with one attached hydrogen (secondary N) is 1. The second kappa shape index (κ2) is 7.41. The maximum atomic E-state index is 6.42. The Morgan fingerprint density at radius 2 is 1.97 bits per heavy atom. The van der Waals surface area contributed by atoms with Crippen LogP contribution in [0, 0.1) is 5.41 Å². The normalized spacial score (nSPS) is 32.9. The SMILES string of the molecule is CC1([C@H]2C[C@H](NCC[C@@]3(c4ccccn4)CCOC4(CCCC4)C3)c3ccnn32)CC1. The van der Waals surface area contributed by atoms with E-state index in [1.165, 1.54) is 56.3 Å². The molecule has 1 saturated heterocycles. The molecule has 6 rings (SSSR count). The molecule has 0 radical (unpaired) electrons. The molecule has 0 unspecified atom stereocenters. The maximum absolute atomic E-state index is 6.42. The summed E-state index contributed by atoms with van der Waals surface area (Å²) in [6.45, 7) is 4.32. The molecule has 0 bridgehead atoms. The van der Waals surface area contributed by atoms with Crippen molar-refractivity contribution in [1.82, 2.24) is 20.1 Å². The number of nitrogens with zero attached hydrogens (tertiary/aromatic N) is 3. The van der Waals surface area contributed by atoms with Crippen molar-refractivity contribution < 1.29 is 4.74 Å². The third-order valence-corrected chi connectivity index (χ3v) is 9.02. The van der Waals surface area contributed by atoms with Gasteiger partial charge >= 0.3 is 0 Å². The Kier molecular flexibility index (Phi) is 4.77. The van der Waals surface area contributed by atoms with E-state index in [1.807, 2.05) is 18.5 Å². The van der Waals surface area contributed by atoms with Gasteiger partial charge in [-0.1, -0.05) is 25.8 Å². The highest BCUT2D eigenvalue weighted by Crippen LogP contribution is 2.58. The number of ether oxygens (including phenoxy) is 1. The molecular formula is C26H36N4O. The lowest BCUT2D eigenvalue weighted by Crippen LogP contribution is -2.47. The number of rotatable bonds is 6. The van der Waals surface area contributed by atoms with Crippen molar-refractivity contribution in [3.05, 3.63) is 48.0 Å². The van der Waals surface area contributed by atoms with Gasteiger partial charge in [-0.05, 0) is 81.5 Å². The van der Waals surface area contributed by atoms with Crippen molar-refractivity contribution in [3.8, 4) is 0 Å².